The Kier molecular flexibility index (Phi) is 4.45. The Hall–Kier alpha value is -1.39. The summed E-state index contributed by atoms with van der Waals surface area (Å²) in [6.07, 6.45) is 3.97. The average molecular weight is 280 g/mol. The van der Waals surface area contributed by atoms with Gasteiger partial charge in [0.2, 0.25) is 11.8 Å². The molecule has 1 N–H and O–H groups in total. The third kappa shape index (κ3) is 2.72. The number of hydrogen-bond donors (Lipinski definition) is 1. The van der Waals surface area contributed by atoms with Crippen LogP contribution in [0.3, 0.4) is 0 Å². The van der Waals surface area contributed by atoms with Crippen LogP contribution >= 0.6 is 0 Å². The third-order valence-corrected chi connectivity index (χ3v) is 4.81. The SMILES string of the molecule is CCCC1C(=O)NC(=O)N(C2CCC(C)C(C)C2)C1=O. The minimum absolute atomic E-state index is 0.0545. The number of nitrogens with zero attached hydrogens (tertiary/aromatic N) is 1. The summed E-state index contributed by atoms with van der Waals surface area (Å²) in [7, 11) is 0. The van der Waals surface area contributed by atoms with Crippen LogP contribution < -0.4 is 5.32 Å². The van der Waals surface area contributed by atoms with Crippen LogP contribution in [-0.2, 0) is 9.59 Å². The van der Waals surface area contributed by atoms with Gasteiger partial charge in [-0.1, -0.05) is 27.2 Å². The van der Waals surface area contributed by atoms with Crippen LogP contribution in [0.15, 0.2) is 0 Å². The van der Waals surface area contributed by atoms with E-state index in [0.717, 1.165) is 25.7 Å². The second-order valence-corrected chi connectivity index (χ2v) is 6.27. The molecule has 4 amide bonds. The molecule has 0 aromatic heterocycles. The maximum atomic E-state index is 12.5. The van der Waals surface area contributed by atoms with Crippen molar-refractivity contribution in [2.75, 3.05) is 0 Å². The Morgan fingerprint density at radius 3 is 2.45 bits per heavy atom. The Balaban J connectivity index is 2.15. The van der Waals surface area contributed by atoms with Crippen LogP contribution in [0.4, 0.5) is 4.79 Å². The molecule has 0 aromatic rings. The molecule has 4 atom stereocenters. The van der Waals surface area contributed by atoms with Gasteiger partial charge < -0.3 is 0 Å². The smallest absolute Gasteiger partial charge is 0.277 e. The molecule has 2 aliphatic rings. The minimum Gasteiger partial charge on any atom is -0.277 e. The molecular weight excluding hydrogens is 256 g/mol. The largest absolute Gasteiger partial charge is 0.331 e. The Morgan fingerprint density at radius 2 is 1.85 bits per heavy atom. The molecule has 1 aliphatic heterocycles. The van der Waals surface area contributed by atoms with Crippen molar-refractivity contribution in [2.24, 2.45) is 17.8 Å². The lowest BCUT2D eigenvalue weighted by molar-refractivity contribution is -0.145. The number of hydrogen-bond acceptors (Lipinski definition) is 3. The predicted octanol–water partition coefficient (Wildman–Crippen LogP) is 2.31. The fourth-order valence-electron chi connectivity index (χ4n) is 3.28. The Morgan fingerprint density at radius 1 is 1.15 bits per heavy atom. The summed E-state index contributed by atoms with van der Waals surface area (Å²) in [6, 6.07) is -0.583. The first-order valence-electron chi connectivity index (χ1n) is 7.63. The van der Waals surface area contributed by atoms with Gasteiger partial charge in [-0.05, 0) is 37.5 Å². The van der Waals surface area contributed by atoms with Crippen LogP contribution in [0, 0.1) is 17.8 Å². The highest BCUT2D eigenvalue weighted by Crippen LogP contribution is 2.33. The molecule has 0 bridgehead atoms. The molecule has 112 valence electrons. The van der Waals surface area contributed by atoms with E-state index < -0.39 is 17.9 Å². The quantitative estimate of drug-likeness (QED) is 0.807. The van der Waals surface area contributed by atoms with Gasteiger partial charge in [-0.15, -0.1) is 0 Å². The molecule has 20 heavy (non-hydrogen) atoms. The Labute approximate surface area is 120 Å². The van der Waals surface area contributed by atoms with Crippen LogP contribution in [0.25, 0.3) is 0 Å². The molecule has 5 nitrogen and oxygen atoms in total. The number of rotatable bonds is 3. The van der Waals surface area contributed by atoms with E-state index in [-0.39, 0.29) is 11.9 Å². The molecule has 1 saturated carbocycles. The number of barbiturate groups is 1. The van der Waals surface area contributed by atoms with Gasteiger partial charge >= 0.3 is 6.03 Å². The molecule has 2 fully saturated rings. The summed E-state index contributed by atoms with van der Waals surface area (Å²) in [5, 5.41) is 2.35. The number of nitrogens with one attached hydrogen (secondary N) is 1. The molecule has 0 aromatic carbocycles. The zero-order valence-electron chi connectivity index (χ0n) is 12.5. The van der Waals surface area contributed by atoms with Gasteiger partial charge in [0.25, 0.3) is 0 Å². The van der Waals surface area contributed by atoms with Crippen LogP contribution in [0.1, 0.15) is 52.9 Å². The highest BCUT2D eigenvalue weighted by molar-refractivity contribution is 6.16. The molecule has 4 unspecified atom stereocenters. The van der Waals surface area contributed by atoms with Crippen LogP contribution in [0.5, 0.6) is 0 Å². The number of carbonyl (C=O) groups excluding carboxylic acids is 3. The molecule has 1 heterocycles. The number of imide groups is 2. The van der Waals surface area contributed by atoms with Crippen LogP contribution in [-0.4, -0.2) is 28.8 Å². The zero-order valence-corrected chi connectivity index (χ0v) is 12.5. The van der Waals surface area contributed by atoms with E-state index in [1.807, 2.05) is 6.92 Å². The van der Waals surface area contributed by atoms with Crippen molar-refractivity contribution in [3.63, 3.8) is 0 Å². The summed E-state index contributed by atoms with van der Waals surface area (Å²) in [5.74, 6) is -0.297. The summed E-state index contributed by atoms with van der Waals surface area (Å²) >= 11 is 0. The number of carbonyl (C=O) groups is 3. The van der Waals surface area contributed by atoms with E-state index in [2.05, 4.69) is 19.2 Å². The second-order valence-electron chi connectivity index (χ2n) is 6.27. The van der Waals surface area contributed by atoms with Crippen molar-refractivity contribution in [1.82, 2.24) is 10.2 Å². The monoisotopic (exact) mass is 280 g/mol. The van der Waals surface area contributed by atoms with E-state index >= 15 is 0 Å². The van der Waals surface area contributed by atoms with Gasteiger partial charge in [0.1, 0.15) is 5.92 Å². The molecule has 0 spiro atoms. The van der Waals surface area contributed by atoms with E-state index in [9.17, 15) is 14.4 Å². The summed E-state index contributed by atoms with van der Waals surface area (Å²) in [6.45, 7) is 6.31. The van der Waals surface area contributed by atoms with Crippen molar-refractivity contribution in [1.29, 1.82) is 0 Å². The molecule has 5 heteroatoms. The first-order valence-corrected chi connectivity index (χ1v) is 7.63. The van der Waals surface area contributed by atoms with Gasteiger partial charge in [0.05, 0.1) is 0 Å². The van der Waals surface area contributed by atoms with E-state index in [1.165, 1.54) is 4.90 Å². The predicted molar refractivity (Wildman–Crippen MR) is 74.7 cm³/mol. The standard InChI is InChI=1S/C15H24N2O3/c1-4-5-12-13(18)16-15(20)17(14(12)19)11-7-6-9(2)10(3)8-11/h9-12H,4-8H2,1-3H3,(H,16,18,20). The average Bonchev–Trinajstić information content (AvgIpc) is 2.38. The first-order chi connectivity index (χ1) is 9.45. The lowest BCUT2D eigenvalue weighted by atomic mass is 9.78. The Bertz CT molecular complexity index is 421. The summed E-state index contributed by atoms with van der Waals surface area (Å²) < 4.78 is 0. The normalized spacial score (nSPS) is 35.1. The first kappa shape index (κ1) is 15.0. The lowest BCUT2D eigenvalue weighted by Gasteiger charge is -2.40. The van der Waals surface area contributed by atoms with Gasteiger partial charge in [-0.3, -0.25) is 19.8 Å². The second kappa shape index (κ2) is 5.94. The molecule has 1 saturated heterocycles. The van der Waals surface area contributed by atoms with Crippen molar-refractivity contribution >= 4 is 17.8 Å². The van der Waals surface area contributed by atoms with Crippen molar-refractivity contribution in [3.8, 4) is 0 Å². The highest BCUT2D eigenvalue weighted by atomic mass is 16.2. The van der Waals surface area contributed by atoms with Crippen LogP contribution in [0.2, 0.25) is 0 Å². The van der Waals surface area contributed by atoms with Crippen molar-refractivity contribution in [2.45, 2.75) is 58.9 Å². The third-order valence-electron chi connectivity index (χ3n) is 4.81. The minimum atomic E-state index is -0.688. The number of amides is 4. The highest BCUT2D eigenvalue weighted by Gasteiger charge is 2.44. The van der Waals surface area contributed by atoms with Gasteiger partial charge in [0, 0.05) is 6.04 Å². The van der Waals surface area contributed by atoms with E-state index in [0.29, 0.717) is 18.3 Å². The maximum Gasteiger partial charge on any atom is 0.331 e. The van der Waals surface area contributed by atoms with Gasteiger partial charge in [-0.25, -0.2) is 4.79 Å². The topological polar surface area (TPSA) is 66.5 Å². The molecule has 2 rings (SSSR count). The summed E-state index contributed by atoms with van der Waals surface area (Å²) in [4.78, 5) is 37.6. The molecule has 0 radical (unpaired) electrons. The van der Waals surface area contributed by atoms with Crippen molar-refractivity contribution in [3.05, 3.63) is 0 Å². The molecule has 1 aliphatic carbocycles. The van der Waals surface area contributed by atoms with E-state index in [1.54, 1.807) is 0 Å². The fraction of sp³-hybridized carbons (Fsp3) is 0.800. The van der Waals surface area contributed by atoms with Gasteiger partial charge in [-0.2, -0.15) is 0 Å². The van der Waals surface area contributed by atoms with E-state index in [4.69, 9.17) is 0 Å². The summed E-state index contributed by atoms with van der Waals surface area (Å²) in [5.41, 5.74) is 0. The number of urea groups is 1. The molecular formula is C15H24N2O3. The zero-order chi connectivity index (χ0) is 14.9. The lowest BCUT2D eigenvalue weighted by Crippen LogP contribution is -2.61. The van der Waals surface area contributed by atoms with Crippen molar-refractivity contribution < 1.29 is 14.4 Å². The fourth-order valence-corrected chi connectivity index (χ4v) is 3.28. The maximum absolute atomic E-state index is 12.5. The van der Waals surface area contributed by atoms with Gasteiger partial charge in [0.15, 0.2) is 0 Å².